The lowest BCUT2D eigenvalue weighted by atomic mass is 9.92. The highest BCUT2D eigenvalue weighted by Gasteiger charge is 2.24. The lowest BCUT2D eigenvalue weighted by molar-refractivity contribution is 0.0877. The van der Waals surface area contributed by atoms with Gasteiger partial charge in [-0.15, -0.1) is 0 Å². The van der Waals surface area contributed by atoms with Gasteiger partial charge in [-0.3, -0.25) is 9.69 Å². The van der Waals surface area contributed by atoms with E-state index >= 15 is 0 Å². The summed E-state index contributed by atoms with van der Waals surface area (Å²) in [5.41, 5.74) is 0.125. The Morgan fingerprint density at radius 1 is 1.25 bits per heavy atom. The Morgan fingerprint density at radius 3 is 2.55 bits per heavy atom. The van der Waals surface area contributed by atoms with E-state index in [9.17, 15) is 13.6 Å². The van der Waals surface area contributed by atoms with Gasteiger partial charge < -0.3 is 0 Å². The van der Waals surface area contributed by atoms with E-state index in [0.717, 1.165) is 31.2 Å². The Balaban J connectivity index is 1.94. The Bertz CT molecular complexity index is 469. The second-order valence-corrected chi connectivity index (χ2v) is 5.73. The van der Waals surface area contributed by atoms with Crippen LogP contribution in [0.1, 0.15) is 43.5 Å². The Morgan fingerprint density at radius 2 is 1.90 bits per heavy atom. The third kappa shape index (κ3) is 3.63. The van der Waals surface area contributed by atoms with Gasteiger partial charge in [0.25, 0.3) is 0 Å². The molecule has 0 saturated carbocycles. The zero-order chi connectivity index (χ0) is 14.7. The first-order valence-electron chi connectivity index (χ1n) is 7.20. The number of likely N-dealkylation sites (tertiary alicyclic amines) is 1. The van der Waals surface area contributed by atoms with Crippen molar-refractivity contribution in [2.45, 2.75) is 39.2 Å². The Hall–Kier alpha value is -1.29. The molecule has 1 aromatic carbocycles. The van der Waals surface area contributed by atoms with Gasteiger partial charge in [-0.25, -0.2) is 8.78 Å². The molecule has 2 nitrogen and oxygen atoms in total. The number of rotatable bonds is 4. The molecule has 110 valence electrons. The SMILES string of the molecule is CC1CCCN(CCC(=O)c2cc(F)cc(F)c2)C1C. The Labute approximate surface area is 118 Å². The summed E-state index contributed by atoms with van der Waals surface area (Å²) in [4.78, 5) is 14.3. The second-order valence-electron chi connectivity index (χ2n) is 5.73. The zero-order valence-electron chi connectivity index (χ0n) is 12.0. The number of carbonyl (C=O) groups is 1. The fourth-order valence-electron chi connectivity index (χ4n) is 2.84. The van der Waals surface area contributed by atoms with Crippen LogP contribution in [0, 0.1) is 17.6 Å². The van der Waals surface area contributed by atoms with Crippen LogP contribution < -0.4 is 0 Å². The number of benzene rings is 1. The van der Waals surface area contributed by atoms with Crippen molar-refractivity contribution in [3.8, 4) is 0 Å². The van der Waals surface area contributed by atoms with Gasteiger partial charge in [0.1, 0.15) is 11.6 Å². The summed E-state index contributed by atoms with van der Waals surface area (Å²) in [5, 5.41) is 0. The number of carbonyl (C=O) groups excluding carboxylic acids is 1. The van der Waals surface area contributed by atoms with E-state index in [2.05, 4.69) is 18.7 Å². The van der Waals surface area contributed by atoms with Crippen LogP contribution in [0.25, 0.3) is 0 Å². The second kappa shape index (κ2) is 6.44. The summed E-state index contributed by atoms with van der Waals surface area (Å²) in [7, 11) is 0. The summed E-state index contributed by atoms with van der Waals surface area (Å²) in [6.45, 7) is 6.05. The maximum Gasteiger partial charge on any atom is 0.164 e. The number of hydrogen-bond donors (Lipinski definition) is 0. The van der Waals surface area contributed by atoms with Crippen molar-refractivity contribution in [2.24, 2.45) is 5.92 Å². The van der Waals surface area contributed by atoms with Gasteiger partial charge in [-0.2, -0.15) is 0 Å². The minimum atomic E-state index is -0.701. The topological polar surface area (TPSA) is 20.3 Å². The molecule has 4 heteroatoms. The molecule has 2 atom stereocenters. The van der Waals surface area contributed by atoms with Crippen molar-refractivity contribution in [3.05, 3.63) is 35.4 Å². The number of Topliss-reactive ketones (excluding diaryl/α,β-unsaturated/α-hetero) is 1. The molecule has 0 spiro atoms. The van der Waals surface area contributed by atoms with Crippen LogP contribution in [0.4, 0.5) is 8.78 Å². The first-order valence-corrected chi connectivity index (χ1v) is 7.20. The van der Waals surface area contributed by atoms with Crippen LogP contribution in [0.15, 0.2) is 18.2 Å². The molecule has 1 fully saturated rings. The van der Waals surface area contributed by atoms with Crippen LogP contribution in [0.3, 0.4) is 0 Å². The van der Waals surface area contributed by atoms with E-state index in [-0.39, 0.29) is 11.3 Å². The van der Waals surface area contributed by atoms with E-state index in [4.69, 9.17) is 0 Å². The maximum atomic E-state index is 13.1. The summed E-state index contributed by atoms with van der Waals surface area (Å²) < 4.78 is 26.2. The van der Waals surface area contributed by atoms with E-state index < -0.39 is 11.6 Å². The highest BCUT2D eigenvalue weighted by atomic mass is 19.1. The normalized spacial score (nSPS) is 23.8. The van der Waals surface area contributed by atoms with Crippen LogP contribution in [0.2, 0.25) is 0 Å². The lowest BCUT2D eigenvalue weighted by Gasteiger charge is -2.37. The van der Waals surface area contributed by atoms with Crippen LogP contribution in [0.5, 0.6) is 0 Å². The van der Waals surface area contributed by atoms with Gasteiger partial charge in [0.15, 0.2) is 5.78 Å². The number of halogens is 2. The molecule has 0 aliphatic carbocycles. The van der Waals surface area contributed by atoms with Gasteiger partial charge in [0.2, 0.25) is 0 Å². The fraction of sp³-hybridized carbons (Fsp3) is 0.562. The summed E-state index contributed by atoms with van der Waals surface area (Å²) in [6, 6.07) is 3.45. The number of ketones is 1. The van der Waals surface area contributed by atoms with Crippen molar-refractivity contribution in [1.82, 2.24) is 4.90 Å². The Kier molecular flexibility index (Phi) is 4.86. The smallest absolute Gasteiger partial charge is 0.164 e. The average molecular weight is 281 g/mol. The average Bonchev–Trinajstić information content (AvgIpc) is 2.39. The van der Waals surface area contributed by atoms with Crippen LogP contribution in [-0.4, -0.2) is 29.8 Å². The molecular weight excluding hydrogens is 260 g/mol. The molecule has 0 aromatic heterocycles. The molecule has 0 bridgehead atoms. The number of nitrogens with zero attached hydrogens (tertiary/aromatic N) is 1. The molecule has 20 heavy (non-hydrogen) atoms. The minimum absolute atomic E-state index is 0.125. The molecule has 1 saturated heterocycles. The molecular formula is C16H21F2NO. The number of hydrogen-bond acceptors (Lipinski definition) is 2. The predicted octanol–water partition coefficient (Wildman–Crippen LogP) is 3.66. The largest absolute Gasteiger partial charge is 0.300 e. The van der Waals surface area contributed by atoms with Gasteiger partial charge in [0, 0.05) is 30.6 Å². The van der Waals surface area contributed by atoms with Gasteiger partial charge >= 0.3 is 0 Å². The van der Waals surface area contributed by atoms with Crippen molar-refractivity contribution >= 4 is 5.78 Å². The zero-order valence-corrected chi connectivity index (χ0v) is 12.0. The molecule has 0 amide bonds. The number of piperidine rings is 1. The van der Waals surface area contributed by atoms with Crippen molar-refractivity contribution in [3.63, 3.8) is 0 Å². The lowest BCUT2D eigenvalue weighted by Crippen LogP contribution is -2.43. The molecule has 0 radical (unpaired) electrons. The van der Waals surface area contributed by atoms with Crippen molar-refractivity contribution < 1.29 is 13.6 Å². The molecule has 2 unspecified atom stereocenters. The maximum absolute atomic E-state index is 13.1. The van der Waals surface area contributed by atoms with E-state index in [1.54, 1.807) is 0 Å². The van der Waals surface area contributed by atoms with Crippen molar-refractivity contribution in [1.29, 1.82) is 0 Å². The van der Waals surface area contributed by atoms with Gasteiger partial charge in [0.05, 0.1) is 0 Å². The molecule has 0 N–H and O–H groups in total. The highest BCUT2D eigenvalue weighted by molar-refractivity contribution is 5.96. The van der Waals surface area contributed by atoms with Gasteiger partial charge in [-0.05, 0) is 44.4 Å². The van der Waals surface area contributed by atoms with E-state index in [1.165, 1.54) is 6.42 Å². The molecule has 1 aliphatic heterocycles. The summed E-state index contributed by atoms with van der Waals surface area (Å²) in [5.74, 6) is -0.971. The quantitative estimate of drug-likeness (QED) is 0.785. The summed E-state index contributed by atoms with van der Waals surface area (Å²) >= 11 is 0. The summed E-state index contributed by atoms with van der Waals surface area (Å²) in [6.07, 6.45) is 2.68. The molecule has 1 heterocycles. The van der Waals surface area contributed by atoms with E-state index in [1.807, 2.05) is 0 Å². The standard InChI is InChI=1S/C16H21F2NO/c1-11-4-3-6-19(12(11)2)7-5-16(20)13-8-14(17)10-15(18)9-13/h8-12H,3-7H2,1-2H3. The third-order valence-electron chi connectivity index (χ3n) is 4.31. The molecule has 1 aliphatic rings. The molecule has 2 rings (SSSR count). The van der Waals surface area contributed by atoms with Crippen LogP contribution >= 0.6 is 0 Å². The van der Waals surface area contributed by atoms with Crippen molar-refractivity contribution in [2.75, 3.05) is 13.1 Å². The first-order chi connectivity index (χ1) is 9.47. The van der Waals surface area contributed by atoms with Gasteiger partial charge in [-0.1, -0.05) is 6.92 Å². The third-order valence-corrected chi connectivity index (χ3v) is 4.31. The van der Waals surface area contributed by atoms with Crippen LogP contribution in [-0.2, 0) is 0 Å². The molecule has 1 aromatic rings. The first kappa shape index (κ1) is 15.1. The predicted molar refractivity (Wildman–Crippen MR) is 74.7 cm³/mol. The minimum Gasteiger partial charge on any atom is -0.300 e. The monoisotopic (exact) mass is 281 g/mol. The fourth-order valence-corrected chi connectivity index (χ4v) is 2.84. The highest BCUT2D eigenvalue weighted by Crippen LogP contribution is 2.23. The van der Waals surface area contributed by atoms with E-state index in [0.29, 0.717) is 24.9 Å².